The molecular formula is C19H30N2O3. The van der Waals surface area contributed by atoms with Gasteiger partial charge in [-0.1, -0.05) is 26.0 Å². The number of nitrogens with zero attached hydrogens (tertiary/aromatic N) is 1. The van der Waals surface area contributed by atoms with Gasteiger partial charge in [-0.3, -0.25) is 9.59 Å². The summed E-state index contributed by atoms with van der Waals surface area (Å²) in [5.74, 6) is 0.662. The molecule has 5 heteroatoms. The Hall–Kier alpha value is -2.04. The Labute approximate surface area is 145 Å². The first-order valence-corrected chi connectivity index (χ1v) is 8.65. The zero-order valence-corrected chi connectivity index (χ0v) is 15.5. The second-order valence-electron chi connectivity index (χ2n) is 6.11. The zero-order valence-electron chi connectivity index (χ0n) is 15.5. The molecule has 2 amide bonds. The maximum absolute atomic E-state index is 12.5. The van der Waals surface area contributed by atoms with Crippen LogP contribution in [0.15, 0.2) is 24.3 Å². The molecule has 134 valence electrons. The average Bonchev–Trinajstić information content (AvgIpc) is 2.59. The van der Waals surface area contributed by atoms with E-state index < -0.39 is 6.04 Å². The fourth-order valence-electron chi connectivity index (χ4n) is 2.33. The predicted molar refractivity (Wildman–Crippen MR) is 95.8 cm³/mol. The normalized spacial score (nSPS) is 13.0. The molecule has 1 rings (SSSR count). The second-order valence-corrected chi connectivity index (χ2v) is 6.11. The van der Waals surface area contributed by atoms with Crippen LogP contribution in [0.4, 0.5) is 0 Å². The van der Waals surface area contributed by atoms with Gasteiger partial charge in [-0.15, -0.1) is 0 Å². The van der Waals surface area contributed by atoms with E-state index >= 15 is 0 Å². The van der Waals surface area contributed by atoms with Gasteiger partial charge in [-0.25, -0.2) is 0 Å². The van der Waals surface area contributed by atoms with Gasteiger partial charge in [0.15, 0.2) is 0 Å². The summed E-state index contributed by atoms with van der Waals surface area (Å²) in [6.45, 7) is 8.15. The molecule has 2 unspecified atom stereocenters. The lowest BCUT2D eigenvalue weighted by molar-refractivity contribution is -0.140. The van der Waals surface area contributed by atoms with E-state index in [2.05, 4.69) is 5.32 Å². The quantitative estimate of drug-likeness (QED) is 0.755. The van der Waals surface area contributed by atoms with Gasteiger partial charge in [0.25, 0.3) is 0 Å². The third-order valence-corrected chi connectivity index (χ3v) is 4.14. The van der Waals surface area contributed by atoms with Gasteiger partial charge >= 0.3 is 0 Å². The molecule has 0 bridgehead atoms. The molecule has 0 radical (unpaired) electrons. The van der Waals surface area contributed by atoms with E-state index in [9.17, 15) is 9.59 Å². The van der Waals surface area contributed by atoms with E-state index in [1.807, 2.05) is 45.0 Å². The van der Waals surface area contributed by atoms with E-state index in [4.69, 9.17) is 4.74 Å². The van der Waals surface area contributed by atoms with Crippen molar-refractivity contribution in [2.75, 3.05) is 7.11 Å². The Morgan fingerprint density at radius 2 is 1.79 bits per heavy atom. The number of carbonyl (C=O) groups excluding carboxylic acids is 2. The van der Waals surface area contributed by atoms with Crippen LogP contribution < -0.4 is 10.1 Å². The number of hydrogen-bond donors (Lipinski definition) is 1. The summed E-state index contributed by atoms with van der Waals surface area (Å²) in [5.41, 5.74) is 0.975. The lowest BCUT2D eigenvalue weighted by Crippen LogP contribution is -2.49. The van der Waals surface area contributed by atoms with Crippen molar-refractivity contribution in [3.63, 3.8) is 0 Å². The van der Waals surface area contributed by atoms with Crippen LogP contribution in [-0.2, 0) is 16.1 Å². The lowest BCUT2D eigenvalue weighted by atomic mass is 10.1. The summed E-state index contributed by atoms with van der Waals surface area (Å²) in [4.78, 5) is 26.6. The van der Waals surface area contributed by atoms with Crippen molar-refractivity contribution in [3.8, 4) is 5.75 Å². The Morgan fingerprint density at radius 1 is 1.17 bits per heavy atom. The third-order valence-electron chi connectivity index (χ3n) is 4.14. The molecule has 0 heterocycles. The van der Waals surface area contributed by atoms with Gasteiger partial charge in [0.1, 0.15) is 11.8 Å². The largest absolute Gasteiger partial charge is 0.497 e. The lowest BCUT2D eigenvalue weighted by Gasteiger charge is -2.29. The Kier molecular flexibility index (Phi) is 8.30. The number of rotatable bonds is 9. The molecule has 0 aliphatic rings. The number of nitrogens with one attached hydrogen (secondary N) is 1. The van der Waals surface area contributed by atoms with Gasteiger partial charge in [0.05, 0.1) is 7.11 Å². The molecule has 1 aromatic carbocycles. The summed E-state index contributed by atoms with van der Waals surface area (Å²) >= 11 is 0. The highest BCUT2D eigenvalue weighted by atomic mass is 16.5. The number of hydrogen-bond acceptors (Lipinski definition) is 3. The fraction of sp³-hybridized carbons (Fsp3) is 0.579. The monoisotopic (exact) mass is 334 g/mol. The van der Waals surface area contributed by atoms with Crippen LogP contribution in [0, 0.1) is 0 Å². The van der Waals surface area contributed by atoms with Crippen LogP contribution >= 0.6 is 0 Å². The molecule has 24 heavy (non-hydrogen) atoms. The van der Waals surface area contributed by atoms with Gasteiger partial charge in [0, 0.05) is 19.0 Å². The molecule has 0 spiro atoms. The molecule has 0 saturated carbocycles. The summed E-state index contributed by atoms with van der Waals surface area (Å²) in [6, 6.07) is 7.17. The van der Waals surface area contributed by atoms with E-state index in [1.54, 1.807) is 18.9 Å². The van der Waals surface area contributed by atoms with Crippen molar-refractivity contribution in [1.82, 2.24) is 10.2 Å². The Balaban J connectivity index is 2.89. The first-order chi connectivity index (χ1) is 11.4. The highest BCUT2D eigenvalue weighted by molar-refractivity contribution is 5.87. The van der Waals surface area contributed by atoms with Gasteiger partial charge in [-0.2, -0.15) is 0 Å². The molecule has 1 aromatic rings. The number of ether oxygens (including phenoxy) is 1. The molecule has 0 saturated heterocycles. The van der Waals surface area contributed by atoms with Crippen LogP contribution in [-0.4, -0.2) is 35.9 Å². The predicted octanol–water partition coefficient (Wildman–Crippen LogP) is 3.13. The standard InChI is InChI=1S/C19H30N2O3/c1-6-8-18(22)21(15(4)19(23)20-14(3)7-2)13-16-9-11-17(24-5)12-10-16/h9-12,14-15H,6-8,13H2,1-5H3,(H,20,23). The topological polar surface area (TPSA) is 58.6 Å². The van der Waals surface area contributed by atoms with Crippen molar-refractivity contribution >= 4 is 11.8 Å². The smallest absolute Gasteiger partial charge is 0.242 e. The van der Waals surface area contributed by atoms with Crippen LogP contribution in [0.3, 0.4) is 0 Å². The van der Waals surface area contributed by atoms with E-state index in [1.165, 1.54) is 0 Å². The van der Waals surface area contributed by atoms with Crippen LogP contribution in [0.25, 0.3) is 0 Å². The fourth-order valence-corrected chi connectivity index (χ4v) is 2.33. The van der Waals surface area contributed by atoms with Crippen molar-refractivity contribution in [1.29, 1.82) is 0 Å². The van der Waals surface area contributed by atoms with Crippen LogP contribution in [0.5, 0.6) is 5.75 Å². The summed E-state index contributed by atoms with van der Waals surface area (Å²) in [7, 11) is 1.62. The van der Waals surface area contributed by atoms with Gasteiger partial charge in [0.2, 0.25) is 11.8 Å². The number of benzene rings is 1. The molecule has 0 aliphatic heterocycles. The van der Waals surface area contributed by atoms with Crippen molar-refractivity contribution < 1.29 is 14.3 Å². The zero-order chi connectivity index (χ0) is 18.1. The van der Waals surface area contributed by atoms with E-state index in [0.29, 0.717) is 13.0 Å². The SMILES string of the molecule is CCCC(=O)N(Cc1ccc(OC)cc1)C(C)C(=O)NC(C)CC. The molecule has 5 nitrogen and oxygen atoms in total. The average molecular weight is 334 g/mol. The Bertz CT molecular complexity index is 528. The van der Waals surface area contributed by atoms with Gasteiger partial charge in [-0.05, 0) is 44.4 Å². The summed E-state index contributed by atoms with van der Waals surface area (Å²) in [5, 5.41) is 2.96. The minimum atomic E-state index is -0.500. The van der Waals surface area contributed by atoms with E-state index in [0.717, 1.165) is 24.2 Å². The molecule has 0 fully saturated rings. The minimum Gasteiger partial charge on any atom is -0.497 e. The van der Waals surface area contributed by atoms with Crippen molar-refractivity contribution in [2.24, 2.45) is 0 Å². The maximum atomic E-state index is 12.5. The second kappa shape index (κ2) is 9.96. The number of methoxy groups -OCH3 is 1. The maximum Gasteiger partial charge on any atom is 0.242 e. The number of carbonyl (C=O) groups is 2. The molecular weight excluding hydrogens is 304 g/mol. The van der Waals surface area contributed by atoms with Crippen molar-refractivity contribution in [3.05, 3.63) is 29.8 Å². The first-order valence-electron chi connectivity index (χ1n) is 8.65. The molecule has 0 aromatic heterocycles. The Morgan fingerprint density at radius 3 is 2.29 bits per heavy atom. The minimum absolute atomic E-state index is 0.000111. The first kappa shape index (κ1) is 20.0. The van der Waals surface area contributed by atoms with Crippen LogP contribution in [0.1, 0.15) is 52.5 Å². The summed E-state index contributed by atoms with van der Waals surface area (Å²) < 4.78 is 5.16. The highest BCUT2D eigenvalue weighted by Gasteiger charge is 2.26. The number of amides is 2. The van der Waals surface area contributed by atoms with Gasteiger partial charge < -0.3 is 15.0 Å². The van der Waals surface area contributed by atoms with Crippen molar-refractivity contribution in [2.45, 2.75) is 65.6 Å². The summed E-state index contributed by atoms with van der Waals surface area (Å²) in [6.07, 6.45) is 2.06. The molecule has 2 atom stereocenters. The van der Waals surface area contributed by atoms with E-state index in [-0.39, 0.29) is 17.9 Å². The third kappa shape index (κ3) is 5.87. The highest BCUT2D eigenvalue weighted by Crippen LogP contribution is 2.16. The van der Waals surface area contributed by atoms with Crippen LogP contribution in [0.2, 0.25) is 0 Å². The molecule has 0 aliphatic carbocycles. The molecule has 1 N–H and O–H groups in total.